The standard InChI is InChI=1S/C22H26F3N5O/c1-16-14-19(27-21(26-16)30-8-2-3-9-30)28-10-12-29(13-11-28)20(31)15-17-4-6-18(7-5-17)22(23,24)25/h4-7,14H,2-3,8-13,15H2,1H3. The number of benzene rings is 1. The van der Waals surface area contributed by atoms with Crippen LogP contribution in [0.3, 0.4) is 0 Å². The first-order valence-corrected chi connectivity index (χ1v) is 10.6. The second-order valence-corrected chi connectivity index (χ2v) is 8.10. The smallest absolute Gasteiger partial charge is 0.353 e. The lowest BCUT2D eigenvalue weighted by molar-refractivity contribution is -0.137. The Morgan fingerprint density at radius 2 is 1.58 bits per heavy atom. The highest BCUT2D eigenvalue weighted by molar-refractivity contribution is 5.79. The molecule has 1 aromatic heterocycles. The molecule has 2 aliphatic heterocycles. The fraction of sp³-hybridized carbons (Fsp3) is 0.500. The number of rotatable bonds is 4. The largest absolute Gasteiger partial charge is 0.416 e. The minimum Gasteiger partial charge on any atom is -0.353 e. The maximum atomic E-state index is 12.7. The summed E-state index contributed by atoms with van der Waals surface area (Å²) in [5.41, 5.74) is 0.806. The van der Waals surface area contributed by atoms with Gasteiger partial charge in [0.2, 0.25) is 11.9 Å². The molecule has 31 heavy (non-hydrogen) atoms. The summed E-state index contributed by atoms with van der Waals surface area (Å²) in [5.74, 6) is 1.58. The van der Waals surface area contributed by atoms with E-state index in [1.165, 1.54) is 12.1 Å². The first-order valence-electron chi connectivity index (χ1n) is 10.6. The van der Waals surface area contributed by atoms with Gasteiger partial charge in [-0.15, -0.1) is 0 Å². The van der Waals surface area contributed by atoms with Crippen LogP contribution in [0.25, 0.3) is 0 Å². The highest BCUT2D eigenvalue weighted by Crippen LogP contribution is 2.29. The van der Waals surface area contributed by atoms with Crippen molar-refractivity contribution in [2.24, 2.45) is 0 Å². The molecule has 0 aliphatic carbocycles. The summed E-state index contributed by atoms with van der Waals surface area (Å²) >= 11 is 0. The van der Waals surface area contributed by atoms with Crippen molar-refractivity contribution in [3.8, 4) is 0 Å². The van der Waals surface area contributed by atoms with Crippen LogP contribution in [0, 0.1) is 6.92 Å². The van der Waals surface area contributed by atoms with Gasteiger partial charge in [0.1, 0.15) is 5.82 Å². The van der Waals surface area contributed by atoms with E-state index in [0.29, 0.717) is 31.7 Å². The van der Waals surface area contributed by atoms with Crippen LogP contribution in [0.2, 0.25) is 0 Å². The van der Waals surface area contributed by atoms with Gasteiger partial charge in [-0.1, -0.05) is 12.1 Å². The van der Waals surface area contributed by atoms with Crippen molar-refractivity contribution in [3.63, 3.8) is 0 Å². The van der Waals surface area contributed by atoms with E-state index in [1.807, 2.05) is 13.0 Å². The molecule has 4 rings (SSSR count). The number of carbonyl (C=O) groups excluding carboxylic acids is 1. The minimum absolute atomic E-state index is 0.0731. The Hall–Kier alpha value is -2.84. The third kappa shape index (κ3) is 5.08. The number of alkyl halides is 3. The lowest BCUT2D eigenvalue weighted by Gasteiger charge is -2.36. The molecule has 2 aromatic rings. The van der Waals surface area contributed by atoms with Crippen molar-refractivity contribution >= 4 is 17.7 Å². The molecule has 2 aliphatic rings. The zero-order chi connectivity index (χ0) is 22.0. The molecular formula is C22H26F3N5O. The summed E-state index contributed by atoms with van der Waals surface area (Å²) in [4.78, 5) is 28.1. The average molecular weight is 433 g/mol. The van der Waals surface area contributed by atoms with Crippen LogP contribution in [0.1, 0.15) is 29.7 Å². The summed E-state index contributed by atoms with van der Waals surface area (Å²) in [6.45, 7) is 6.37. The van der Waals surface area contributed by atoms with Crippen LogP contribution >= 0.6 is 0 Å². The van der Waals surface area contributed by atoms with E-state index in [2.05, 4.69) is 14.8 Å². The quantitative estimate of drug-likeness (QED) is 0.741. The molecule has 0 bridgehead atoms. The summed E-state index contributed by atoms with van der Waals surface area (Å²) < 4.78 is 38.1. The Labute approximate surface area is 179 Å². The third-order valence-corrected chi connectivity index (χ3v) is 5.81. The number of aromatic nitrogens is 2. The molecule has 2 fully saturated rings. The van der Waals surface area contributed by atoms with Gasteiger partial charge in [0.25, 0.3) is 0 Å². The molecule has 0 unspecified atom stereocenters. The van der Waals surface area contributed by atoms with Crippen LogP contribution in [0.15, 0.2) is 30.3 Å². The van der Waals surface area contributed by atoms with Gasteiger partial charge in [-0.25, -0.2) is 4.98 Å². The highest BCUT2D eigenvalue weighted by Gasteiger charge is 2.30. The second kappa shape index (κ2) is 8.72. The zero-order valence-electron chi connectivity index (χ0n) is 17.5. The van der Waals surface area contributed by atoms with Gasteiger partial charge < -0.3 is 14.7 Å². The topological polar surface area (TPSA) is 52.6 Å². The molecule has 0 radical (unpaired) electrons. The number of piperazine rings is 1. The first-order chi connectivity index (χ1) is 14.8. The molecule has 2 saturated heterocycles. The molecule has 0 atom stereocenters. The maximum absolute atomic E-state index is 12.7. The van der Waals surface area contributed by atoms with Gasteiger partial charge in [0.15, 0.2) is 0 Å². The molecule has 6 nitrogen and oxygen atoms in total. The van der Waals surface area contributed by atoms with Crippen molar-refractivity contribution in [1.29, 1.82) is 0 Å². The summed E-state index contributed by atoms with van der Waals surface area (Å²) in [5, 5.41) is 0. The van der Waals surface area contributed by atoms with Gasteiger partial charge >= 0.3 is 6.18 Å². The van der Waals surface area contributed by atoms with Crippen LogP contribution < -0.4 is 9.80 Å². The monoisotopic (exact) mass is 433 g/mol. The van der Waals surface area contributed by atoms with Crippen molar-refractivity contribution in [2.75, 3.05) is 49.1 Å². The molecule has 0 spiro atoms. The van der Waals surface area contributed by atoms with Gasteiger partial charge in [-0.05, 0) is 37.5 Å². The normalized spacial score (nSPS) is 17.4. The van der Waals surface area contributed by atoms with Gasteiger partial charge in [0, 0.05) is 51.0 Å². The fourth-order valence-corrected chi connectivity index (χ4v) is 4.04. The van der Waals surface area contributed by atoms with Crippen molar-refractivity contribution in [2.45, 2.75) is 32.4 Å². The van der Waals surface area contributed by atoms with Crippen molar-refractivity contribution in [3.05, 3.63) is 47.2 Å². The van der Waals surface area contributed by atoms with Crippen LogP contribution in [-0.2, 0) is 17.4 Å². The number of hydrogen-bond acceptors (Lipinski definition) is 5. The van der Waals surface area contributed by atoms with E-state index < -0.39 is 11.7 Å². The molecule has 1 amide bonds. The number of amides is 1. The molecule has 0 saturated carbocycles. The second-order valence-electron chi connectivity index (χ2n) is 8.10. The number of aryl methyl sites for hydroxylation is 1. The Morgan fingerprint density at radius 1 is 0.935 bits per heavy atom. The summed E-state index contributed by atoms with van der Waals surface area (Å²) in [6, 6.07) is 6.77. The predicted octanol–water partition coefficient (Wildman–Crippen LogP) is 3.30. The van der Waals surface area contributed by atoms with E-state index >= 15 is 0 Å². The van der Waals surface area contributed by atoms with E-state index in [9.17, 15) is 18.0 Å². The lowest BCUT2D eigenvalue weighted by Crippen LogP contribution is -2.49. The van der Waals surface area contributed by atoms with E-state index in [-0.39, 0.29) is 12.3 Å². The Kier molecular flexibility index (Phi) is 6.02. The number of hydrogen-bond donors (Lipinski definition) is 0. The first kappa shape index (κ1) is 21.4. The van der Waals surface area contributed by atoms with Gasteiger partial charge in [-0.3, -0.25) is 4.79 Å². The average Bonchev–Trinajstić information content (AvgIpc) is 3.28. The van der Waals surface area contributed by atoms with E-state index in [4.69, 9.17) is 4.98 Å². The predicted molar refractivity (Wildman–Crippen MR) is 112 cm³/mol. The van der Waals surface area contributed by atoms with Crippen LogP contribution in [-0.4, -0.2) is 60.0 Å². The SMILES string of the molecule is Cc1cc(N2CCN(C(=O)Cc3ccc(C(F)(F)F)cc3)CC2)nc(N2CCCC2)n1. The van der Waals surface area contributed by atoms with E-state index in [1.54, 1.807) is 4.90 Å². The minimum atomic E-state index is -4.37. The van der Waals surface area contributed by atoms with E-state index in [0.717, 1.165) is 55.5 Å². The molecule has 166 valence electrons. The number of anilines is 2. The Balaban J connectivity index is 1.35. The van der Waals surface area contributed by atoms with Gasteiger partial charge in [0.05, 0.1) is 12.0 Å². The lowest BCUT2D eigenvalue weighted by atomic mass is 10.1. The number of halogens is 3. The Morgan fingerprint density at radius 3 is 2.19 bits per heavy atom. The molecular weight excluding hydrogens is 407 g/mol. The summed E-state index contributed by atoms with van der Waals surface area (Å²) in [6.07, 6.45) is -1.95. The summed E-state index contributed by atoms with van der Waals surface area (Å²) in [7, 11) is 0. The fourth-order valence-electron chi connectivity index (χ4n) is 4.04. The maximum Gasteiger partial charge on any atom is 0.416 e. The molecule has 1 aromatic carbocycles. The highest BCUT2D eigenvalue weighted by atomic mass is 19.4. The van der Waals surface area contributed by atoms with Crippen molar-refractivity contribution < 1.29 is 18.0 Å². The third-order valence-electron chi connectivity index (χ3n) is 5.81. The van der Waals surface area contributed by atoms with Crippen LogP contribution in [0.4, 0.5) is 24.9 Å². The molecule has 3 heterocycles. The molecule has 0 N–H and O–H groups in total. The zero-order valence-corrected chi connectivity index (χ0v) is 17.5. The molecule has 9 heteroatoms. The number of nitrogens with zero attached hydrogens (tertiary/aromatic N) is 5. The number of carbonyl (C=O) groups is 1. The van der Waals surface area contributed by atoms with Crippen LogP contribution in [0.5, 0.6) is 0 Å². The van der Waals surface area contributed by atoms with Crippen molar-refractivity contribution in [1.82, 2.24) is 14.9 Å². The Bertz CT molecular complexity index is 918. The van der Waals surface area contributed by atoms with Gasteiger partial charge in [-0.2, -0.15) is 18.2 Å².